The molecule has 5 heteroatoms. The van der Waals surface area contributed by atoms with Crippen molar-refractivity contribution in [2.75, 3.05) is 30.4 Å². The minimum atomic E-state index is -0.411. The number of nitrogens with one attached hydrogen (secondary N) is 1. The summed E-state index contributed by atoms with van der Waals surface area (Å²) in [5, 5.41) is 3.00. The summed E-state index contributed by atoms with van der Waals surface area (Å²) in [6.45, 7) is 10.5. The molecule has 0 heterocycles. The molecule has 0 saturated carbocycles. The molecule has 28 heavy (non-hydrogen) atoms. The summed E-state index contributed by atoms with van der Waals surface area (Å²) in [6.07, 6.45) is 0. The predicted octanol–water partition coefficient (Wildman–Crippen LogP) is 3.92. The van der Waals surface area contributed by atoms with Crippen LogP contribution in [0.2, 0.25) is 0 Å². The number of amides is 2. The van der Waals surface area contributed by atoms with Crippen LogP contribution in [-0.2, 0) is 9.59 Å². The Hall–Kier alpha value is -2.66. The number of hydrogen-bond donors (Lipinski definition) is 1. The molecule has 1 atom stereocenters. The second-order valence-electron chi connectivity index (χ2n) is 7.33. The third-order valence-corrected chi connectivity index (χ3v) is 5.00. The van der Waals surface area contributed by atoms with Crippen LogP contribution >= 0.6 is 0 Å². The number of benzene rings is 2. The van der Waals surface area contributed by atoms with Crippen molar-refractivity contribution < 1.29 is 9.59 Å². The fraction of sp³-hybridized carbons (Fsp3) is 0.391. The molecule has 0 aliphatic carbocycles. The van der Waals surface area contributed by atoms with E-state index in [0.717, 1.165) is 22.5 Å². The van der Waals surface area contributed by atoms with Gasteiger partial charge in [-0.2, -0.15) is 0 Å². The summed E-state index contributed by atoms with van der Waals surface area (Å²) < 4.78 is 0. The average molecular weight is 382 g/mol. The van der Waals surface area contributed by atoms with Gasteiger partial charge < -0.3 is 10.2 Å². The largest absolute Gasteiger partial charge is 0.324 e. The van der Waals surface area contributed by atoms with Crippen LogP contribution in [0.4, 0.5) is 11.4 Å². The van der Waals surface area contributed by atoms with Crippen molar-refractivity contribution in [3.63, 3.8) is 0 Å². The molecule has 150 valence electrons. The van der Waals surface area contributed by atoms with Crippen molar-refractivity contribution in [2.45, 2.75) is 40.7 Å². The Morgan fingerprint density at radius 1 is 1.04 bits per heavy atom. The van der Waals surface area contributed by atoms with Crippen molar-refractivity contribution in [3.05, 3.63) is 59.2 Å². The number of para-hydroxylation sites is 1. The van der Waals surface area contributed by atoms with Crippen LogP contribution in [0.3, 0.4) is 0 Å². The SMILES string of the molecule is CCN(C(=O)[C@H](C)N(C)CC(=O)Nc1c(C)cc(C)cc1C)c1ccccc1. The molecule has 0 aliphatic rings. The first-order valence-electron chi connectivity index (χ1n) is 9.69. The van der Waals surface area contributed by atoms with E-state index >= 15 is 0 Å². The highest BCUT2D eigenvalue weighted by molar-refractivity contribution is 5.98. The zero-order valence-corrected chi connectivity index (χ0v) is 17.7. The third-order valence-electron chi connectivity index (χ3n) is 5.00. The molecule has 1 N–H and O–H groups in total. The summed E-state index contributed by atoms with van der Waals surface area (Å²) in [6, 6.07) is 13.3. The Kier molecular flexibility index (Phi) is 7.35. The fourth-order valence-electron chi connectivity index (χ4n) is 3.41. The minimum absolute atomic E-state index is 0.0216. The number of likely N-dealkylation sites (N-methyl/N-ethyl adjacent to an activating group) is 2. The van der Waals surface area contributed by atoms with Gasteiger partial charge in [-0.15, -0.1) is 0 Å². The monoisotopic (exact) mass is 381 g/mol. The summed E-state index contributed by atoms with van der Waals surface area (Å²) in [7, 11) is 1.80. The lowest BCUT2D eigenvalue weighted by Gasteiger charge is -2.29. The van der Waals surface area contributed by atoms with E-state index in [-0.39, 0.29) is 18.4 Å². The highest BCUT2D eigenvalue weighted by atomic mass is 16.2. The first-order chi connectivity index (χ1) is 13.2. The predicted molar refractivity (Wildman–Crippen MR) is 116 cm³/mol. The number of rotatable bonds is 7. The van der Waals surface area contributed by atoms with E-state index in [1.165, 1.54) is 5.56 Å². The van der Waals surface area contributed by atoms with E-state index in [2.05, 4.69) is 17.4 Å². The van der Waals surface area contributed by atoms with E-state index in [0.29, 0.717) is 6.54 Å². The number of carbonyl (C=O) groups excluding carboxylic acids is 2. The molecule has 0 unspecified atom stereocenters. The number of carbonyl (C=O) groups is 2. The van der Waals surface area contributed by atoms with Crippen molar-refractivity contribution >= 4 is 23.2 Å². The first kappa shape index (κ1) is 21.6. The molecule has 0 aliphatic heterocycles. The van der Waals surface area contributed by atoms with Gasteiger partial charge in [0.15, 0.2) is 0 Å². The van der Waals surface area contributed by atoms with E-state index < -0.39 is 6.04 Å². The lowest BCUT2D eigenvalue weighted by atomic mass is 10.1. The Morgan fingerprint density at radius 3 is 2.14 bits per heavy atom. The minimum Gasteiger partial charge on any atom is -0.324 e. The Morgan fingerprint density at radius 2 is 1.61 bits per heavy atom. The van der Waals surface area contributed by atoms with E-state index in [9.17, 15) is 9.59 Å². The van der Waals surface area contributed by atoms with Crippen LogP contribution < -0.4 is 10.2 Å². The fourth-order valence-corrected chi connectivity index (χ4v) is 3.41. The van der Waals surface area contributed by atoms with Crippen molar-refractivity contribution in [1.82, 2.24) is 4.90 Å². The molecule has 2 amide bonds. The zero-order chi connectivity index (χ0) is 20.8. The molecule has 5 nitrogen and oxygen atoms in total. The summed E-state index contributed by atoms with van der Waals surface area (Å²) in [5.41, 5.74) is 4.97. The van der Waals surface area contributed by atoms with Crippen LogP contribution in [0.5, 0.6) is 0 Å². The second kappa shape index (κ2) is 9.51. The third kappa shape index (κ3) is 5.20. The van der Waals surface area contributed by atoms with Crippen LogP contribution in [0.25, 0.3) is 0 Å². The van der Waals surface area contributed by atoms with Gasteiger partial charge in [0.2, 0.25) is 11.8 Å². The van der Waals surface area contributed by atoms with Crippen LogP contribution in [0, 0.1) is 20.8 Å². The molecule has 0 saturated heterocycles. The van der Waals surface area contributed by atoms with Gasteiger partial charge >= 0.3 is 0 Å². The summed E-state index contributed by atoms with van der Waals surface area (Å²) >= 11 is 0. The standard InChI is InChI=1S/C23H31N3O2/c1-7-26(20-11-9-8-10-12-20)23(28)19(5)25(6)15-21(27)24-22-17(3)13-16(2)14-18(22)4/h8-14,19H,7,15H2,1-6H3,(H,24,27)/t19-/m0/s1. The van der Waals surface area contributed by atoms with Crippen molar-refractivity contribution in [3.8, 4) is 0 Å². The Bertz CT molecular complexity index is 810. The van der Waals surface area contributed by atoms with Crippen LogP contribution in [0.1, 0.15) is 30.5 Å². The van der Waals surface area contributed by atoms with Crippen molar-refractivity contribution in [1.29, 1.82) is 0 Å². The maximum Gasteiger partial charge on any atom is 0.244 e. The van der Waals surface area contributed by atoms with Gasteiger partial charge in [-0.1, -0.05) is 35.9 Å². The maximum absolute atomic E-state index is 13.0. The zero-order valence-electron chi connectivity index (χ0n) is 17.7. The maximum atomic E-state index is 13.0. The second-order valence-corrected chi connectivity index (χ2v) is 7.33. The number of anilines is 2. The molecule has 0 bridgehead atoms. The lowest BCUT2D eigenvalue weighted by Crippen LogP contribution is -2.48. The van der Waals surface area contributed by atoms with E-state index in [1.54, 1.807) is 16.8 Å². The summed E-state index contributed by atoms with van der Waals surface area (Å²) in [4.78, 5) is 29.0. The number of aryl methyl sites for hydroxylation is 3. The quantitative estimate of drug-likeness (QED) is 0.791. The van der Waals surface area contributed by atoms with Crippen LogP contribution in [0.15, 0.2) is 42.5 Å². The van der Waals surface area contributed by atoms with Gasteiger partial charge in [-0.05, 0) is 64.9 Å². The van der Waals surface area contributed by atoms with Crippen molar-refractivity contribution in [2.24, 2.45) is 0 Å². The normalized spacial score (nSPS) is 12.0. The van der Waals surface area contributed by atoms with E-state index in [1.807, 2.05) is 65.0 Å². The first-order valence-corrected chi connectivity index (χ1v) is 9.69. The average Bonchev–Trinajstić information content (AvgIpc) is 2.65. The molecular weight excluding hydrogens is 350 g/mol. The molecule has 0 fully saturated rings. The molecular formula is C23H31N3O2. The number of hydrogen-bond acceptors (Lipinski definition) is 3. The molecule has 2 aromatic rings. The highest BCUT2D eigenvalue weighted by Gasteiger charge is 2.25. The smallest absolute Gasteiger partial charge is 0.244 e. The van der Waals surface area contributed by atoms with Gasteiger partial charge in [0, 0.05) is 17.9 Å². The molecule has 0 radical (unpaired) electrons. The number of nitrogens with zero attached hydrogens (tertiary/aromatic N) is 2. The molecule has 2 aromatic carbocycles. The lowest BCUT2D eigenvalue weighted by molar-refractivity contribution is -0.124. The Labute approximate surface area is 168 Å². The van der Waals surface area contributed by atoms with Gasteiger partial charge in [-0.25, -0.2) is 0 Å². The Balaban J connectivity index is 2.04. The molecule has 0 spiro atoms. The van der Waals surface area contributed by atoms with Gasteiger partial charge in [0.25, 0.3) is 0 Å². The summed E-state index contributed by atoms with van der Waals surface area (Å²) in [5.74, 6) is -0.147. The van der Waals surface area contributed by atoms with E-state index in [4.69, 9.17) is 0 Å². The van der Waals surface area contributed by atoms with Gasteiger partial charge in [0.1, 0.15) is 0 Å². The highest BCUT2D eigenvalue weighted by Crippen LogP contribution is 2.22. The molecule has 0 aromatic heterocycles. The topological polar surface area (TPSA) is 52.7 Å². The molecule has 2 rings (SSSR count). The van der Waals surface area contributed by atoms with Gasteiger partial charge in [0.05, 0.1) is 12.6 Å². The van der Waals surface area contributed by atoms with Crippen LogP contribution in [-0.4, -0.2) is 42.9 Å². The van der Waals surface area contributed by atoms with Gasteiger partial charge in [-0.3, -0.25) is 14.5 Å².